The summed E-state index contributed by atoms with van der Waals surface area (Å²) in [6, 6.07) is 8.35. The highest BCUT2D eigenvalue weighted by Gasteiger charge is 2.41. The van der Waals surface area contributed by atoms with Gasteiger partial charge >= 0.3 is 5.97 Å². The van der Waals surface area contributed by atoms with Crippen molar-refractivity contribution in [1.82, 2.24) is 5.32 Å². The number of hydrogen-bond donors (Lipinski definition) is 1. The fourth-order valence-corrected chi connectivity index (χ4v) is 3.05. The number of methoxy groups -OCH3 is 1. The number of carbonyl (C=O) groups excluding carboxylic acids is 2. The summed E-state index contributed by atoms with van der Waals surface area (Å²) in [7, 11) is 1.54. The van der Waals surface area contributed by atoms with Crippen molar-refractivity contribution >= 4 is 27.8 Å². The van der Waals surface area contributed by atoms with E-state index >= 15 is 0 Å². The molecule has 1 aromatic rings. The summed E-state index contributed by atoms with van der Waals surface area (Å²) in [4.78, 5) is 23.8. The second-order valence-corrected chi connectivity index (χ2v) is 5.92. The smallest absolute Gasteiger partial charge is 0.338 e. The molecule has 4 atom stereocenters. The maximum atomic E-state index is 12.3. The van der Waals surface area contributed by atoms with Gasteiger partial charge in [0, 0.05) is 25.8 Å². The molecule has 0 aliphatic carbocycles. The summed E-state index contributed by atoms with van der Waals surface area (Å²) in [6.07, 6.45) is -1.07. The molecule has 0 spiro atoms. The van der Waals surface area contributed by atoms with E-state index in [1.165, 1.54) is 14.0 Å². The molecule has 126 valence electrons. The van der Waals surface area contributed by atoms with E-state index < -0.39 is 24.5 Å². The molecule has 1 fully saturated rings. The first-order valence-electron chi connectivity index (χ1n) is 7.32. The first-order valence-corrected chi connectivity index (χ1v) is 8.44. The van der Waals surface area contributed by atoms with Gasteiger partial charge in [-0.3, -0.25) is 4.79 Å². The molecule has 0 bridgehead atoms. The van der Waals surface area contributed by atoms with E-state index in [1.54, 1.807) is 24.3 Å². The molecule has 0 unspecified atom stereocenters. The predicted molar refractivity (Wildman–Crippen MR) is 87.3 cm³/mol. The number of hydrogen-bond acceptors (Lipinski definition) is 5. The van der Waals surface area contributed by atoms with E-state index in [-0.39, 0.29) is 11.9 Å². The van der Waals surface area contributed by atoms with Crippen LogP contribution in [0.2, 0.25) is 0 Å². The topological polar surface area (TPSA) is 73.9 Å². The van der Waals surface area contributed by atoms with Crippen molar-refractivity contribution in [2.24, 2.45) is 0 Å². The van der Waals surface area contributed by atoms with Gasteiger partial charge in [0.25, 0.3) is 0 Å². The fraction of sp³-hybridized carbons (Fsp3) is 0.500. The number of rotatable bonds is 5. The minimum absolute atomic E-state index is 0.194. The molecule has 1 N–H and O–H groups in total. The average Bonchev–Trinajstić information content (AvgIpc) is 2.56. The highest BCUT2D eigenvalue weighted by Crippen LogP contribution is 2.25. The van der Waals surface area contributed by atoms with Crippen LogP contribution in [0, 0.1) is 0 Å². The molecule has 7 heteroatoms. The molecule has 0 saturated carbocycles. The zero-order valence-electron chi connectivity index (χ0n) is 13.0. The first kappa shape index (κ1) is 17.9. The van der Waals surface area contributed by atoms with Crippen molar-refractivity contribution in [3.8, 4) is 0 Å². The molecule has 1 aromatic carbocycles. The van der Waals surface area contributed by atoms with Crippen LogP contribution < -0.4 is 5.32 Å². The second kappa shape index (κ2) is 8.42. The number of nitrogens with one attached hydrogen (secondary N) is 1. The van der Waals surface area contributed by atoms with Gasteiger partial charge in [-0.25, -0.2) is 4.79 Å². The number of benzene rings is 1. The molecule has 1 aliphatic rings. The van der Waals surface area contributed by atoms with Crippen molar-refractivity contribution in [2.75, 3.05) is 12.4 Å². The van der Waals surface area contributed by atoms with Gasteiger partial charge in [-0.1, -0.05) is 34.1 Å². The van der Waals surface area contributed by atoms with Crippen LogP contribution in [0.3, 0.4) is 0 Å². The SMILES string of the molecule is CO[C@H]1C[C@@H](NC(C)=O)[C@@H](OC(=O)c2ccccc2)[C@@H](CBr)O1. The summed E-state index contributed by atoms with van der Waals surface area (Å²) in [5, 5.41) is 3.27. The maximum absolute atomic E-state index is 12.3. The number of carbonyl (C=O) groups is 2. The second-order valence-electron chi connectivity index (χ2n) is 5.27. The average molecular weight is 386 g/mol. The summed E-state index contributed by atoms with van der Waals surface area (Å²) >= 11 is 3.36. The lowest BCUT2D eigenvalue weighted by Gasteiger charge is -2.40. The van der Waals surface area contributed by atoms with Crippen LogP contribution in [0.15, 0.2) is 30.3 Å². The van der Waals surface area contributed by atoms with Gasteiger partial charge in [-0.05, 0) is 12.1 Å². The summed E-state index contributed by atoms with van der Waals surface area (Å²) in [5.74, 6) is -0.641. The number of amides is 1. The van der Waals surface area contributed by atoms with Crippen LogP contribution in [-0.4, -0.2) is 48.9 Å². The van der Waals surface area contributed by atoms with Gasteiger partial charge in [-0.2, -0.15) is 0 Å². The van der Waals surface area contributed by atoms with Crippen LogP contribution in [0.1, 0.15) is 23.7 Å². The van der Waals surface area contributed by atoms with E-state index in [0.717, 1.165) is 0 Å². The highest BCUT2D eigenvalue weighted by molar-refractivity contribution is 9.09. The molecule has 1 saturated heterocycles. The van der Waals surface area contributed by atoms with Crippen LogP contribution in [-0.2, 0) is 19.0 Å². The lowest BCUT2D eigenvalue weighted by molar-refractivity contribution is -0.213. The van der Waals surface area contributed by atoms with Crippen LogP contribution in [0.4, 0.5) is 0 Å². The van der Waals surface area contributed by atoms with Gasteiger partial charge in [0.05, 0.1) is 11.6 Å². The van der Waals surface area contributed by atoms with Gasteiger partial charge in [-0.15, -0.1) is 0 Å². The number of alkyl halides is 1. The molecule has 0 aromatic heterocycles. The zero-order valence-corrected chi connectivity index (χ0v) is 14.6. The Bertz CT molecular complexity index is 539. The zero-order chi connectivity index (χ0) is 16.8. The minimum atomic E-state index is -0.600. The Morgan fingerprint density at radius 3 is 2.61 bits per heavy atom. The molecule has 2 rings (SSSR count). The lowest BCUT2D eigenvalue weighted by atomic mass is 9.99. The number of halogens is 1. The highest BCUT2D eigenvalue weighted by atomic mass is 79.9. The van der Waals surface area contributed by atoms with Crippen LogP contribution >= 0.6 is 15.9 Å². The third-order valence-corrected chi connectivity index (χ3v) is 4.23. The van der Waals surface area contributed by atoms with Crippen molar-refractivity contribution in [2.45, 2.75) is 37.9 Å². The maximum Gasteiger partial charge on any atom is 0.338 e. The lowest BCUT2D eigenvalue weighted by Crippen LogP contribution is -2.57. The quantitative estimate of drug-likeness (QED) is 0.618. The third kappa shape index (κ3) is 4.76. The van der Waals surface area contributed by atoms with Crippen LogP contribution in [0.5, 0.6) is 0 Å². The first-order chi connectivity index (χ1) is 11.0. The molecule has 1 amide bonds. The van der Waals surface area contributed by atoms with E-state index in [0.29, 0.717) is 17.3 Å². The normalized spacial score (nSPS) is 27.3. The summed E-state index contributed by atoms with van der Waals surface area (Å²) < 4.78 is 16.6. The molecule has 23 heavy (non-hydrogen) atoms. The van der Waals surface area contributed by atoms with Crippen molar-refractivity contribution in [3.05, 3.63) is 35.9 Å². The Hall–Kier alpha value is -1.44. The molecular formula is C16H20BrNO5. The van der Waals surface area contributed by atoms with Gasteiger partial charge in [0.2, 0.25) is 5.91 Å². The molecule has 6 nitrogen and oxygen atoms in total. The summed E-state index contributed by atoms with van der Waals surface area (Å²) in [5.41, 5.74) is 0.455. The van der Waals surface area contributed by atoms with E-state index in [2.05, 4.69) is 21.2 Å². The van der Waals surface area contributed by atoms with E-state index in [9.17, 15) is 9.59 Å². The Morgan fingerprint density at radius 1 is 1.35 bits per heavy atom. The van der Waals surface area contributed by atoms with Crippen molar-refractivity contribution in [3.63, 3.8) is 0 Å². The van der Waals surface area contributed by atoms with Gasteiger partial charge in [0.1, 0.15) is 12.2 Å². The van der Waals surface area contributed by atoms with Gasteiger partial charge in [0.15, 0.2) is 6.29 Å². The number of ether oxygens (including phenoxy) is 3. The standard InChI is InChI=1S/C16H20BrNO5/c1-10(19)18-12-8-14(21-2)22-13(9-17)15(12)23-16(20)11-6-4-3-5-7-11/h3-7,12-15H,8-9H2,1-2H3,(H,18,19)/t12-,13-,14-,15-/m1/s1. The molecular weight excluding hydrogens is 366 g/mol. The van der Waals surface area contributed by atoms with Crippen molar-refractivity contribution in [1.29, 1.82) is 0 Å². The minimum Gasteiger partial charge on any atom is -0.454 e. The Kier molecular flexibility index (Phi) is 6.56. The Labute approximate surface area is 143 Å². The number of esters is 1. The molecule has 1 heterocycles. The monoisotopic (exact) mass is 385 g/mol. The predicted octanol–water partition coefficient (Wildman–Crippen LogP) is 1.87. The van der Waals surface area contributed by atoms with E-state index in [4.69, 9.17) is 14.2 Å². The van der Waals surface area contributed by atoms with Gasteiger partial charge < -0.3 is 19.5 Å². The molecule has 0 radical (unpaired) electrons. The fourth-order valence-electron chi connectivity index (χ4n) is 2.53. The van der Waals surface area contributed by atoms with E-state index in [1.807, 2.05) is 6.07 Å². The Balaban J connectivity index is 2.16. The summed E-state index contributed by atoms with van der Waals surface area (Å²) in [6.45, 7) is 1.43. The largest absolute Gasteiger partial charge is 0.454 e. The molecule has 1 aliphatic heterocycles. The Morgan fingerprint density at radius 2 is 2.04 bits per heavy atom. The van der Waals surface area contributed by atoms with Crippen LogP contribution in [0.25, 0.3) is 0 Å². The van der Waals surface area contributed by atoms with Crippen molar-refractivity contribution < 1.29 is 23.8 Å². The third-order valence-electron chi connectivity index (χ3n) is 3.59.